The van der Waals surface area contributed by atoms with E-state index in [1.807, 2.05) is 12.4 Å². The Morgan fingerprint density at radius 3 is 2.07 bits per heavy atom. The van der Waals surface area contributed by atoms with Crippen molar-refractivity contribution in [1.29, 1.82) is 0 Å². The Hall–Kier alpha value is -2.28. The number of aromatic nitrogens is 1. The molecule has 6 nitrogen and oxygen atoms in total. The summed E-state index contributed by atoms with van der Waals surface area (Å²) in [6.07, 6.45) is 3.70. The highest BCUT2D eigenvalue weighted by Gasteiger charge is 2.24. The molecule has 2 aliphatic rings. The fraction of sp³-hybridized carbons (Fsp3) is 0.500. The van der Waals surface area contributed by atoms with Crippen LogP contribution in [0.4, 0.5) is 0 Å². The van der Waals surface area contributed by atoms with Crippen LogP contribution in [0.3, 0.4) is 0 Å². The summed E-state index contributed by atoms with van der Waals surface area (Å²) in [5.74, 6) is 0.285. The molecular formula is C24H33N5O. The molecule has 0 unspecified atom stereocenters. The molecule has 3 heterocycles. The van der Waals surface area contributed by atoms with Crippen molar-refractivity contribution in [3.63, 3.8) is 0 Å². The lowest BCUT2D eigenvalue weighted by Crippen LogP contribution is -2.53. The van der Waals surface area contributed by atoms with E-state index in [0.717, 1.165) is 65.4 Å². The van der Waals surface area contributed by atoms with Crippen LogP contribution in [-0.4, -0.2) is 89.4 Å². The third-order valence-corrected chi connectivity index (χ3v) is 6.19. The summed E-state index contributed by atoms with van der Waals surface area (Å²) in [4.78, 5) is 26.2. The SMILES string of the molecule is Cc1cccc(CN2CCN(C(=O)CN3CCN(Cc4ccncc4)CC3)CC2)c1. The number of pyridine rings is 1. The number of hydrogen-bond donors (Lipinski definition) is 0. The third-order valence-electron chi connectivity index (χ3n) is 6.19. The minimum atomic E-state index is 0.285. The van der Waals surface area contributed by atoms with Gasteiger partial charge in [0.2, 0.25) is 5.91 Å². The first-order valence-corrected chi connectivity index (χ1v) is 11.0. The number of carbonyl (C=O) groups excluding carboxylic acids is 1. The maximum absolute atomic E-state index is 12.8. The van der Waals surface area contributed by atoms with Crippen LogP contribution < -0.4 is 0 Å². The number of carbonyl (C=O) groups is 1. The van der Waals surface area contributed by atoms with E-state index < -0.39 is 0 Å². The molecular weight excluding hydrogens is 374 g/mol. The van der Waals surface area contributed by atoms with Crippen molar-refractivity contribution in [2.75, 3.05) is 58.9 Å². The molecule has 2 aromatic rings. The van der Waals surface area contributed by atoms with Gasteiger partial charge in [0.05, 0.1) is 6.54 Å². The van der Waals surface area contributed by atoms with Crippen LogP contribution in [0.15, 0.2) is 48.8 Å². The predicted octanol–water partition coefficient (Wildman–Crippen LogP) is 1.85. The van der Waals surface area contributed by atoms with Crippen molar-refractivity contribution >= 4 is 5.91 Å². The molecule has 0 radical (unpaired) electrons. The zero-order chi connectivity index (χ0) is 20.8. The molecule has 1 amide bonds. The first-order valence-electron chi connectivity index (χ1n) is 11.0. The van der Waals surface area contributed by atoms with Crippen LogP contribution in [0.1, 0.15) is 16.7 Å². The van der Waals surface area contributed by atoms with Gasteiger partial charge in [0.1, 0.15) is 0 Å². The van der Waals surface area contributed by atoms with Crippen molar-refractivity contribution < 1.29 is 4.79 Å². The van der Waals surface area contributed by atoms with Crippen molar-refractivity contribution in [2.24, 2.45) is 0 Å². The number of benzene rings is 1. The predicted molar refractivity (Wildman–Crippen MR) is 119 cm³/mol. The second-order valence-electron chi connectivity index (χ2n) is 8.55. The van der Waals surface area contributed by atoms with Crippen molar-refractivity contribution in [3.05, 3.63) is 65.5 Å². The van der Waals surface area contributed by atoms with Crippen molar-refractivity contribution in [2.45, 2.75) is 20.0 Å². The van der Waals surface area contributed by atoms with Crippen LogP contribution in [0.5, 0.6) is 0 Å². The lowest BCUT2D eigenvalue weighted by atomic mass is 10.1. The standard InChI is InChI=1S/C24H33N5O/c1-21-3-2-4-23(17-21)19-27-13-15-29(16-14-27)24(30)20-28-11-9-26(10-12-28)18-22-5-7-25-8-6-22/h2-8,17H,9-16,18-20H2,1H3. The molecule has 0 atom stereocenters. The first-order chi connectivity index (χ1) is 14.7. The zero-order valence-corrected chi connectivity index (χ0v) is 18.0. The van der Waals surface area contributed by atoms with Gasteiger partial charge in [-0.1, -0.05) is 29.8 Å². The highest BCUT2D eigenvalue weighted by molar-refractivity contribution is 5.78. The average molecular weight is 408 g/mol. The number of amides is 1. The van der Waals surface area contributed by atoms with Gasteiger partial charge >= 0.3 is 0 Å². The lowest BCUT2D eigenvalue weighted by Gasteiger charge is -2.38. The largest absolute Gasteiger partial charge is 0.339 e. The second kappa shape index (κ2) is 10.2. The molecule has 0 aliphatic carbocycles. The van der Waals surface area contributed by atoms with E-state index >= 15 is 0 Å². The molecule has 4 rings (SSSR count). The summed E-state index contributed by atoms with van der Waals surface area (Å²) < 4.78 is 0. The van der Waals surface area contributed by atoms with Gasteiger partial charge in [0, 0.05) is 77.8 Å². The van der Waals surface area contributed by atoms with Crippen LogP contribution >= 0.6 is 0 Å². The van der Waals surface area contributed by atoms with E-state index in [1.165, 1.54) is 16.7 Å². The van der Waals surface area contributed by atoms with Gasteiger partial charge in [-0.2, -0.15) is 0 Å². The summed E-state index contributed by atoms with van der Waals surface area (Å²) in [6, 6.07) is 12.9. The third kappa shape index (κ3) is 5.88. The van der Waals surface area contributed by atoms with Crippen molar-refractivity contribution in [1.82, 2.24) is 24.6 Å². The van der Waals surface area contributed by atoms with E-state index in [2.05, 4.69) is 67.9 Å². The molecule has 6 heteroatoms. The first kappa shape index (κ1) is 21.0. The Kier molecular flexibility index (Phi) is 7.10. The Balaban J connectivity index is 1.16. The monoisotopic (exact) mass is 407 g/mol. The lowest BCUT2D eigenvalue weighted by molar-refractivity contribution is -0.134. The second-order valence-corrected chi connectivity index (χ2v) is 8.55. The molecule has 2 saturated heterocycles. The zero-order valence-electron chi connectivity index (χ0n) is 18.0. The summed E-state index contributed by atoms with van der Waals surface area (Å²) in [6.45, 7) is 12.2. The molecule has 0 N–H and O–H groups in total. The highest BCUT2D eigenvalue weighted by Crippen LogP contribution is 2.12. The Morgan fingerprint density at radius 1 is 0.800 bits per heavy atom. The van der Waals surface area contributed by atoms with E-state index in [4.69, 9.17) is 0 Å². The number of rotatable bonds is 6. The summed E-state index contributed by atoms with van der Waals surface area (Å²) in [5, 5.41) is 0. The normalized spacial score (nSPS) is 19.2. The van der Waals surface area contributed by atoms with E-state index in [-0.39, 0.29) is 5.91 Å². The van der Waals surface area contributed by atoms with Crippen LogP contribution in [0, 0.1) is 6.92 Å². The van der Waals surface area contributed by atoms with Crippen LogP contribution in [0.2, 0.25) is 0 Å². The summed E-state index contributed by atoms with van der Waals surface area (Å²) in [5.41, 5.74) is 3.97. The number of aryl methyl sites for hydroxylation is 1. The molecule has 0 saturated carbocycles. The molecule has 0 bridgehead atoms. The van der Waals surface area contributed by atoms with E-state index in [0.29, 0.717) is 6.54 Å². The minimum Gasteiger partial charge on any atom is -0.339 e. The highest BCUT2D eigenvalue weighted by atomic mass is 16.2. The molecule has 30 heavy (non-hydrogen) atoms. The van der Waals surface area contributed by atoms with Crippen LogP contribution in [0.25, 0.3) is 0 Å². The van der Waals surface area contributed by atoms with Gasteiger partial charge in [-0.25, -0.2) is 0 Å². The van der Waals surface area contributed by atoms with E-state index in [9.17, 15) is 4.79 Å². The van der Waals surface area contributed by atoms with Gasteiger partial charge in [-0.15, -0.1) is 0 Å². The Labute approximate surface area is 180 Å². The smallest absolute Gasteiger partial charge is 0.236 e. The molecule has 1 aromatic heterocycles. The van der Waals surface area contributed by atoms with Crippen molar-refractivity contribution in [3.8, 4) is 0 Å². The van der Waals surface area contributed by atoms with Gasteiger partial charge in [-0.3, -0.25) is 24.5 Å². The molecule has 1 aromatic carbocycles. The maximum atomic E-state index is 12.8. The quantitative estimate of drug-likeness (QED) is 0.731. The topological polar surface area (TPSA) is 42.9 Å². The summed E-state index contributed by atoms with van der Waals surface area (Å²) >= 11 is 0. The number of hydrogen-bond acceptors (Lipinski definition) is 5. The van der Waals surface area contributed by atoms with Gasteiger partial charge in [0.25, 0.3) is 0 Å². The minimum absolute atomic E-state index is 0.285. The molecule has 2 aliphatic heterocycles. The van der Waals surface area contributed by atoms with Gasteiger partial charge < -0.3 is 4.90 Å². The fourth-order valence-corrected chi connectivity index (χ4v) is 4.37. The molecule has 2 fully saturated rings. The number of nitrogens with zero attached hydrogens (tertiary/aromatic N) is 5. The fourth-order valence-electron chi connectivity index (χ4n) is 4.37. The molecule has 0 spiro atoms. The Bertz CT molecular complexity index is 811. The van der Waals surface area contributed by atoms with Gasteiger partial charge in [0.15, 0.2) is 0 Å². The van der Waals surface area contributed by atoms with Crippen LogP contribution in [-0.2, 0) is 17.9 Å². The number of piperazine rings is 2. The molecule has 160 valence electrons. The average Bonchev–Trinajstić information content (AvgIpc) is 2.76. The van der Waals surface area contributed by atoms with E-state index in [1.54, 1.807) is 0 Å². The maximum Gasteiger partial charge on any atom is 0.236 e. The Morgan fingerprint density at radius 2 is 1.40 bits per heavy atom. The summed E-state index contributed by atoms with van der Waals surface area (Å²) in [7, 11) is 0. The van der Waals surface area contributed by atoms with Gasteiger partial charge in [-0.05, 0) is 30.2 Å².